The average molecular weight is 554 g/mol. The lowest BCUT2D eigenvalue weighted by atomic mass is 10.0. The molecule has 0 spiro atoms. The summed E-state index contributed by atoms with van der Waals surface area (Å²) in [6.07, 6.45) is 3.98. The van der Waals surface area contributed by atoms with Gasteiger partial charge in [0.2, 0.25) is 23.6 Å². The Labute approximate surface area is 227 Å². The molecule has 13 nitrogen and oxygen atoms in total. The summed E-state index contributed by atoms with van der Waals surface area (Å²) in [5.74, 6) is -2.12. The predicted octanol–water partition coefficient (Wildman–Crippen LogP) is -1.46. The molecule has 3 atom stereocenters. The van der Waals surface area contributed by atoms with Gasteiger partial charge in [0.25, 0.3) is 0 Å². The van der Waals surface area contributed by atoms with Gasteiger partial charge in [-0.25, -0.2) is 0 Å². The first-order valence-electron chi connectivity index (χ1n) is 12.8. The summed E-state index contributed by atoms with van der Waals surface area (Å²) in [6.45, 7) is 1.16. The van der Waals surface area contributed by atoms with Crippen molar-refractivity contribution < 1.29 is 19.2 Å². The van der Waals surface area contributed by atoms with Crippen molar-refractivity contribution in [2.45, 2.75) is 75.9 Å². The molecule has 214 valence electrons. The van der Waals surface area contributed by atoms with E-state index in [4.69, 9.17) is 28.7 Å². The Morgan fingerprint density at radius 1 is 0.789 bits per heavy atom. The molecule has 0 aliphatic carbocycles. The van der Waals surface area contributed by atoms with Gasteiger partial charge < -0.3 is 44.6 Å². The summed E-state index contributed by atoms with van der Waals surface area (Å²) in [7, 11) is 0. The Hall–Kier alpha value is -3.23. The van der Waals surface area contributed by atoms with E-state index in [-0.39, 0.29) is 31.3 Å². The second-order valence-electron chi connectivity index (χ2n) is 8.92. The number of carbonyl (C=O) groups excluding carboxylic acids is 4. The van der Waals surface area contributed by atoms with Crippen molar-refractivity contribution in [1.29, 1.82) is 0 Å². The molecule has 13 N–H and O–H groups in total. The highest BCUT2D eigenvalue weighted by Gasteiger charge is 2.28. The largest absolute Gasteiger partial charge is 0.370 e. The van der Waals surface area contributed by atoms with E-state index < -0.39 is 35.8 Å². The number of carbonyl (C=O) groups is 4. The minimum Gasteiger partial charge on any atom is -0.370 e. The zero-order chi connectivity index (χ0) is 28.3. The van der Waals surface area contributed by atoms with Gasteiger partial charge in [-0.1, -0.05) is 6.07 Å². The molecule has 0 saturated heterocycles. The van der Waals surface area contributed by atoms with Crippen molar-refractivity contribution in [2.24, 2.45) is 33.7 Å². The topological polar surface area (TPSA) is 247 Å². The molecule has 0 saturated carbocycles. The van der Waals surface area contributed by atoms with E-state index in [0.717, 1.165) is 4.88 Å². The van der Waals surface area contributed by atoms with Gasteiger partial charge in [-0.15, -0.1) is 11.3 Å². The van der Waals surface area contributed by atoms with Crippen LogP contribution in [0.4, 0.5) is 0 Å². The molecule has 4 amide bonds. The van der Waals surface area contributed by atoms with Gasteiger partial charge in [0.15, 0.2) is 5.96 Å². The lowest BCUT2D eigenvalue weighted by Gasteiger charge is -2.25. The summed E-state index contributed by atoms with van der Waals surface area (Å²) in [5.41, 5.74) is 27.3. The maximum atomic E-state index is 13.2. The summed E-state index contributed by atoms with van der Waals surface area (Å²) in [5, 5.41) is 10.0. The first-order valence-corrected chi connectivity index (χ1v) is 13.7. The normalized spacial score (nSPS) is 13.1. The number of thiophene rings is 1. The van der Waals surface area contributed by atoms with Gasteiger partial charge in [0.05, 0.1) is 6.42 Å². The van der Waals surface area contributed by atoms with Crippen LogP contribution in [0.25, 0.3) is 0 Å². The molecule has 1 rings (SSSR count). The number of guanidine groups is 1. The van der Waals surface area contributed by atoms with Gasteiger partial charge in [0.1, 0.15) is 18.1 Å². The van der Waals surface area contributed by atoms with Gasteiger partial charge >= 0.3 is 0 Å². The predicted molar refractivity (Wildman–Crippen MR) is 149 cm³/mol. The Kier molecular flexibility index (Phi) is 16.3. The number of primary amides is 1. The summed E-state index contributed by atoms with van der Waals surface area (Å²) in [4.78, 5) is 55.6. The van der Waals surface area contributed by atoms with Crippen LogP contribution in [0.15, 0.2) is 22.5 Å². The van der Waals surface area contributed by atoms with E-state index in [2.05, 4.69) is 20.9 Å². The molecule has 0 aromatic carbocycles. The molecule has 0 fully saturated rings. The van der Waals surface area contributed by atoms with Crippen LogP contribution >= 0.6 is 11.3 Å². The maximum absolute atomic E-state index is 13.2. The van der Waals surface area contributed by atoms with Crippen LogP contribution in [-0.4, -0.2) is 67.3 Å². The molecular formula is C24H43N9O4S. The molecular weight excluding hydrogens is 510 g/mol. The molecule has 1 aromatic rings. The number of amides is 4. The molecule has 0 radical (unpaired) electrons. The second-order valence-corrected chi connectivity index (χ2v) is 9.95. The number of nitrogens with one attached hydrogen (secondary N) is 3. The van der Waals surface area contributed by atoms with Crippen molar-refractivity contribution in [3.8, 4) is 0 Å². The van der Waals surface area contributed by atoms with Gasteiger partial charge in [-0.2, -0.15) is 0 Å². The zero-order valence-corrected chi connectivity index (χ0v) is 22.6. The van der Waals surface area contributed by atoms with Gasteiger partial charge in [-0.3, -0.25) is 24.2 Å². The highest BCUT2D eigenvalue weighted by Crippen LogP contribution is 2.10. The number of aliphatic imine (C=N–C) groups is 1. The van der Waals surface area contributed by atoms with Crippen molar-refractivity contribution in [3.63, 3.8) is 0 Å². The van der Waals surface area contributed by atoms with Crippen LogP contribution < -0.4 is 44.6 Å². The van der Waals surface area contributed by atoms with E-state index in [1.165, 1.54) is 11.3 Å². The van der Waals surface area contributed by atoms with E-state index in [0.29, 0.717) is 58.0 Å². The summed E-state index contributed by atoms with van der Waals surface area (Å²) < 4.78 is 0. The van der Waals surface area contributed by atoms with Gasteiger partial charge in [0, 0.05) is 11.4 Å². The van der Waals surface area contributed by atoms with Crippen molar-refractivity contribution in [1.82, 2.24) is 16.0 Å². The van der Waals surface area contributed by atoms with Crippen LogP contribution in [0.1, 0.15) is 56.2 Å². The van der Waals surface area contributed by atoms with Crippen LogP contribution in [0.2, 0.25) is 0 Å². The van der Waals surface area contributed by atoms with Crippen molar-refractivity contribution in [3.05, 3.63) is 22.4 Å². The van der Waals surface area contributed by atoms with E-state index >= 15 is 0 Å². The number of unbranched alkanes of at least 4 members (excludes halogenated alkanes) is 2. The number of nitrogens with two attached hydrogens (primary N) is 5. The molecule has 1 aromatic heterocycles. The average Bonchev–Trinajstić information content (AvgIpc) is 3.37. The monoisotopic (exact) mass is 553 g/mol. The lowest BCUT2D eigenvalue weighted by molar-refractivity contribution is -0.133. The molecule has 38 heavy (non-hydrogen) atoms. The Morgan fingerprint density at radius 3 is 1.84 bits per heavy atom. The molecule has 1 heterocycles. The van der Waals surface area contributed by atoms with E-state index in [1.807, 2.05) is 17.5 Å². The first kappa shape index (κ1) is 32.8. The quantitative estimate of drug-likeness (QED) is 0.0537. The number of hydrogen-bond donors (Lipinski definition) is 8. The molecule has 14 heteroatoms. The van der Waals surface area contributed by atoms with Crippen molar-refractivity contribution in [2.75, 3.05) is 19.6 Å². The summed E-state index contributed by atoms with van der Waals surface area (Å²) >= 11 is 1.45. The lowest BCUT2D eigenvalue weighted by Crippen LogP contribution is -2.56. The third kappa shape index (κ3) is 13.9. The number of hydrogen-bond acceptors (Lipinski definition) is 8. The number of nitrogens with zero attached hydrogens (tertiary/aromatic N) is 1. The fraction of sp³-hybridized carbons (Fsp3) is 0.625. The minimum atomic E-state index is -0.962. The Bertz CT molecular complexity index is 891. The third-order valence-electron chi connectivity index (χ3n) is 5.70. The van der Waals surface area contributed by atoms with E-state index in [9.17, 15) is 19.2 Å². The molecule has 0 bridgehead atoms. The Balaban J connectivity index is 2.90. The third-order valence-corrected chi connectivity index (χ3v) is 6.58. The maximum Gasteiger partial charge on any atom is 0.243 e. The minimum absolute atomic E-state index is 0.0733. The Morgan fingerprint density at radius 2 is 1.34 bits per heavy atom. The first-order chi connectivity index (χ1) is 18.2. The number of rotatable bonds is 20. The molecule has 0 unspecified atom stereocenters. The summed E-state index contributed by atoms with van der Waals surface area (Å²) in [6, 6.07) is 0.947. The van der Waals surface area contributed by atoms with Crippen LogP contribution in [0.5, 0.6) is 0 Å². The molecule has 0 aliphatic rings. The van der Waals surface area contributed by atoms with Gasteiger partial charge in [-0.05, 0) is 75.9 Å². The van der Waals surface area contributed by atoms with Crippen LogP contribution in [0, 0.1) is 0 Å². The fourth-order valence-electron chi connectivity index (χ4n) is 3.67. The van der Waals surface area contributed by atoms with Crippen LogP contribution in [-0.2, 0) is 25.6 Å². The highest BCUT2D eigenvalue weighted by molar-refractivity contribution is 7.10. The van der Waals surface area contributed by atoms with E-state index in [1.54, 1.807) is 0 Å². The SMILES string of the molecule is NCCCC[C@H](NC(=O)Cc1cccs1)C(=O)N[C@@H](CCCCN)C(=O)N[C@@H](CCCN=C(N)N)C(N)=O. The fourth-order valence-corrected chi connectivity index (χ4v) is 4.38. The zero-order valence-electron chi connectivity index (χ0n) is 21.8. The highest BCUT2D eigenvalue weighted by atomic mass is 32.1. The van der Waals surface area contributed by atoms with Crippen LogP contribution in [0.3, 0.4) is 0 Å². The second kappa shape index (κ2) is 18.9. The molecule has 0 aliphatic heterocycles. The standard InChI is InChI=1S/C24H43N9O4S/c25-11-3-1-8-18(31-20(34)15-16-7-6-14-38-16)22(36)33-19(9-2-4-12-26)23(37)32-17(21(27)35)10-5-13-30-24(28)29/h6-7,14,17-19H,1-5,8-13,15,25-26H2,(H2,27,35)(H,31,34)(H,32,37)(H,33,36)(H4,28,29,30)/t17-,18-,19-/m0/s1. The smallest absolute Gasteiger partial charge is 0.243 e. The van der Waals surface area contributed by atoms with Crippen molar-refractivity contribution >= 4 is 40.9 Å².